The predicted molar refractivity (Wildman–Crippen MR) is 111 cm³/mol. The van der Waals surface area contributed by atoms with Crippen molar-refractivity contribution in [2.24, 2.45) is 0 Å². The number of hydrogen-bond acceptors (Lipinski definition) is 9. The number of rotatable bonds is 4. The second kappa shape index (κ2) is 8.85. The van der Waals surface area contributed by atoms with E-state index in [1.165, 1.54) is 16.5 Å². The van der Waals surface area contributed by atoms with E-state index in [0.717, 1.165) is 13.4 Å². The molecule has 2 atom stereocenters. The monoisotopic (exact) mass is 459 g/mol. The third-order valence-corrected chi connectivity index (χ3v) is 5.17. The van der Waals surface area contributed by atoms with Crippen molar-refractivity contribution >= 4 is 22.2 Å². The Hall–Kier alpha value is -2.63. The van der Waals surface area contributed by atoms with Crippen LogP contribution in [0.5, 0.6) is 5.75 Å². The van der Waals surface area contributed by atoms with Gasteiger partial charge in [0.25, 0.3) is 5.56 Å². The average Bonchev–Trinajstić information content (AvgIpc) is 2.79. The van der Waals surface area contributed by atoms with E-state index in [2.05, 4.69) is 9.72 Å². The molecule has 31 heavy (non-hydrogen) atoms. The fourth-order valence-corrected chi connectivity index (χ4v) is 3.80. The third kappa shape index (κ3) is 5.75. The smallest absolute Gasteiger partial charge is 0.410 e. The van der Waals surface area contributed by atoms with Crippen molar-refractivity contribution in [2.45, 2.75) is 64.6 Å². The molecule has 1 unspecified atom stereocenters. The number of fused-ring (bicyclic) bond motifs is 1. The first-order chi connectivity index (χ1) is 14.2. The number of ether oxygens (including phenoxy) is 2. The summed E-state index contributed by atoms with van der Waals surface area (Å²) in [5.41, 5.74) is -2.14. The second-order valence-electron chi connectivity index (χ2n) is 8.49. The van der Waals surface area contributed by atoms with Gasteiger partial charge in [-0.2, -0.15) is 8.42 Å². The fraction of sp³-hybridized carbons (Fsp3) is 0.684. The highest BCUT2D eigenvalue weighted by atomic mass is 32.2. The van der Waals surface area contributed by atoms with Crippen molar-refractivity contribution in [2.75, 3.05) is 20.4 Å². The Bertz CT molecular complexity index is 1030. The van der Waals surface area contributed by atoms with Crippen LogP contribution in [0, 0.1) is 0 Å². The molecule has 0 aromatic carbocycles. The highest BCUT2D eigenvalue weighted by Gasteiger charge is 2.36. The summed E-state index contributed by atoms with van der Waals surface area (Å²) >= 11 is 0. The van der Waals surface area contributed by atoms with Gasteiger partial charge in [-0.05, 0) is 47.0 Å². The molecule has 2 rings (SSSR count). The van der Waals surface area contributed by atoms with E-state index in [0.29, 0.717) is 19.3 Å². The summed E-state index contributed by atoms with van der Waals surface area (Å²) in [5, 5.41) is 0. The topological polar surface area (TPSA) is 134 Å². The standard InChI is InChI=1S/C19H29N3O8S/c1-11-9-8-10-12(21(5)18(25)29-19(2,3)4)15-20-13(17(24)28-6)14(16(23)22(11)15)30-31(7,26)27/h11-12H,8-10H2,1-7H3/t11-,12?/m1/s1. The largest absolute Gasteiger partial charge is 0.464 e. The van der Waals surface area contributed by atoms with Crippen LogP contribution in [0.2, 0.25) is 0 Å². The molecule has 0 radical (unpaired) electrons. The highest BCUT2D eigenvalue weighted by molar-refractivity contribution is 7.86. The maximum absolute atomic E-state index is 13.3. The summed E-state index contributed by atoms with van der Waals surface area (Å²) < 4.78 is 39.6. The third-order valence-electron chi connectivity index (χ3n) is 4.70. The van der Waals surface area contributed by atoms with E-state index >= 15 is 0 Å². The second-order valence-corrected chi connectivity index (χ2v) is 10.1. The molecule has 0 aliphatic carbocycles. The van der Waals surface area contributed by atoms with E-state index in [-0.39, 0.29) is 11.9 Å². The van der Waals surface area contributed by atoms with Gasteiger partial charge in [-0.1, -0.05) is 0 Å². The quantitative estimate of drug-likeness (QED) is 0.489. The molecule has 2 heterocycles. The normalized spacial score (nSPS) is 19.1. The zero-order valence-electron chi connectivity index (χ0n) is 18.8. The van der Waals surface area contributed by atoms with Crippen LogP contribution in [0.15, 0.2) is 4.79 Å². The lowest BCUT2D eigenvalue weighted by molar-refractivity contribution is 0.0202. The van der Waals surface area contributed by atoms with Crippen LogP contribution in [0.4, 0.5) is 4.79 Å². The molecule has 0 N–H and O–H groups in total. The van der Waals surface area contributed by atoms with Crippen molar-refractivity contribution in [1.29, 1.82) is 0 Å². The lowest BCUT2D eigenvalue weighted by Gasteiger charge is -2.31. The summed E-state index contributed by atoms with van der Waals surface area (Å²) in [4.78, 5) is 43.8. The molecule has 11 nitrogen and oxygen atoms in total. The minimum Gasteiger partial charge on any atom is -0.464 e. The van der Waals surface area contributed by atoms with Gasteiger partial charge in [0, 0.05) is 13.1 Å². The SMILES string of the molecule is COC(=O)c1nc2n(c(=O)c1OS(C)(=O)=O)[C@H](C)CCCC2N(C)C(=O)OC(C)(C)C. The summed E-state index contributed by atoms with van der Waals surface area (Å²) in [7, 11) is -1.53. The van der Waals surface area contributed by atoms with Crippen LogP contribution in [0.25, 0.3) is 0 Å². The van der Waals surface area contributed by atoms with Gasteiger partial charge < -0.3 is 18.6 Å². The molecule has 1 amide bonds. The Morgan fingerprint density at radius 1 is 1.23 bits per heavy atom. The van der Waals surface area contributed by atoms with Gasteiger partial charge >= 0.3 is 22.2 Å². The maximum Gasteiger partial charge on any atom is 0.410 e. The summed E-state index contributed by atoms with van der Waals surface area (Å²) in [5.74, 6) is -1.63. The van der Waals surface area contributed by atoms with E-state index in [9.17, 15) is 22.8 Å². The van der Waals surface area contributed by atoms with Crippen molar-refractivity contribution < 1.29 is 31.7 Å². The van der Waals surface area contributed by atoms with Crippen molar-refractivity contribution in [3.63, 3.8) is 0 Å². The first-order valence-electron chi connectivity index (χ1n) is 9.76. The number of carbonyl (C=O) groups excluding carboxylic acids is 2. The highest BCUT2D eigenvalue weighted by Crippen LogP contribution is 2.33. The van der Waals surface area contributed by atoms with E-state index in [1.54, 1.807) is 27.7 Å². The molecule has 0 fully saturated rings. The molecule has 1 aliphatic heterocycles. The Morgan fingerprint density at radius 2 is 1.84 bits per heavy atom. The molecule has 1 aromatic rings. The van der Waals surface area contributed by atoms with Crippen molar-refractivity contribution in [3.8, 4) is 5.75 Å². The number of nitrogens with zero attached hydrogens (tertiary/aromatic N) is 3. The number of amides is 1. The van der Waals surface area contributed by atoms with Gasteiger partial charge in [-0.15, -0.1) is 0 Å². The molecular weight excluding hydrogens is 430 g/mol. The summed E-state index contributed by atoms with van der Waals surface area (Å²) in [6.45, 7) is 6.96. The van der Waals surface area contributed by atoms with Crippen molar-refractivity contribution in [3.05, 3.63) is 21.9 Å². The molecule has 1 aliphatic rings. The minimum absolute atomic E-state index is 0.129. The summed E-state index contributed by atoms with van der Waals surface area (Å²) in [6.07, 6.45) is 1.82. The van der Waals surface area contributed by atoms with E-state index in [1.807, 2.05) is 0 Å². The Morgan fingerprint density at radius 3 is 2.35 bits per heavy atom. The number of esters is 1. The molecule has 0 spiro atoms. The van der Waals surface area contributed by atoms with Crippen LogP contribution in [-0.4, -0.2) is 60.9 Å². The van der Waals surface area contributed by atoms with Gasteiger partial charge in [-0.3, -0.25) is 9.36 Å². The number of hydrogen-bond donors (Lipinski definition) is 0. The molecule has 0 saturated heterocycles. The zero-order chi connectivity index (χ0) is 23.7. The number of methoxy groups -OCH3 is 1. The van der Waals surface area contributed by atoms with Crippen LogP contribution in [-0.2, 0) is 19.6 Å². The fourth-order valence-electron chi connectivity index (χ4n) is 3.35. The lowest BCUT2D eigenvalue weighted by atomic mass is 10.1. The summed E-state index contributed by atoms with van der Waals surface area (Å²) in [6, 6.07) is -1.07. The number of carbonyl (C=O) groups is 2. The van der Waals surface area contributed by atoms with Gasteiger partial charge in [0.15, 0.2) is 5.69 Å². The van der Waals surface area contributed by atoms with Crippen LogP contribution in [0.1, 0.15) is 75.4 Å². The van der Waals surface area contributed by atoms with Gasteiger partial charge in [0.2, 0.25) is 5.75 Å². The molecule has 0 bridgehead atoms. The Balaban J connectivity index is 2.73. The molecule has 174 valence electrons. The number of aromatic nitrogens is 2. The molecule has 12 heteroatoms. The minimum atomic E-state index is -4.13. The van der Waals surface area contributed by atoms with E-state index in [4.69, 9.17) is 8.92 Å². The Kier molecular flexibility index (Phi) is 7.03. The van der Waals surface area contributed by atoms with Crippen molar-refractivity contribution in [1.82, 2.24) is 14.5 Å². The van der Waals surface area contributed by atoms with Crippen LogP contribution >= 0.6 is 0 Å². The molecule has 0 saturated carbocycles. The lowest BCUT2D eigenvalue weighted by Crippen LogP contribution is -2.40. The van der Waals surface area contributed by atoms with Crippen LogP contribution < -0.4 is 9.74 Å². The maximum atomic E-state index is 13.3. The first kappa shape index (κ1) is 24.6. The molecular formula is C19H29N3O8S. The van der Waals surface area contributed by atoms with Gasteiger partial charge in [-0.25, -0.2) is 14.6 Å². The predicted octanol–water partition coefficient (Wildman–Crippen LogP) is 2.02. The van der Waals surface area contributed by atoms with Crippen LogP contribution in [0.3, 0.4) is 0 Å². The van der Waals surface area contributed by atoms with E-state index < -0.39 is 50.8 Å². The Labute approximate surface area is 181 Å². The zero-order valence-corrected chi connectivity index (χ0v) is 19.6. The van der Waals surface area contributed by atoms with Gasteiger partial charge in [0.05, 0.1) is 19.4 Å². The van der Waals surface area contributed by atoms with Gasteiger partial charge in [0.1, 0.15) is 11.4 Å². The average molecular weight is 460 g/mol. The first-order valence-corrected chi connectivity index (χ1v) is 11.6. The molecule has 1 aromatic heterocycles.